The molecule has 1 aliphatic rings. The van der Waals surface area contributed by atoms with Crippen LogP contribution in [0.15, 0.2) is 18.2 Å². The van der Waals surface area contributed by atoms with Gasteiger partial charge in [0.1, 0.15) is 0 Å². The van der Waals surface area contributed by atoms with Crippen LogP contribution in [0.25, 0.3) is 0 Å². The fourth-order valence-electron chi connectivity index (χ4n) is 2.20. The van der Waals surface area contributed by atoms with Gasteiger partial charge in [-0.3, -0.25) is 9.69 Å². The first-order valence-corrected chi connectivity index (χ1v) is 6.62. The van der Waals surface area contributed by atoms with Crippen molar-refractivity contribution >= 4 is 17.3 Å². The zero-order valence-corrected chi connectivity index (χ0v) is 11.3. The number of aryl methyl sites for hydroxylation is 1. The molecule has 104 valence electrons. The molecule has 0 radical (unpaired) electrons. The van der Waals surface area contributed by atoms with Crippen molar-refractivity contribution in [2.45, 2.75) is 13.3 Å². The van der Waals surface area contributed by atoms with Gasteiger partial charge in [-0.25, -0.2) is 0 Å². The summed E-state index contributed by atoms with van der Waals surface area (Å²) in [5.41, 5.74) is 8.18. The molecule has 1 aromatic carbocycles. The lowest BCUT2D eigenvalue weighted by Crippen LogP contribution is -2.35. The van der Waals surface area contributed by atoms with Gasteiger partial charge in [-0.1, -0.05) is 12.1 Å². The minimum absolute atomic E-state index is 0.0251. The molecule has 5 heteroatoms. The highest BCUT2D eigenvalue weighted by atomic mass is 16.5. The van der Waals surface area contributed by atoms with Crippen molar-refractivity contribution in [2.75, 3.05) is 43.9 Å². The van der Waals surface area contributed by atoms with Crippen LogP contribution in [0, 0.1) is 6.92 Å². The normalized spacial score (nSPS) is 16.9. The molecular weight excluding hydrogens is 242 g/mol. The zero-order valence-electron chi connectivity index (χ0n) is 11.3. The van der Waals surface area contributed by atoms with Gasteiger partial charge in [0.2, 0.25) is 5.91 Å². The maximum atomic E-state index is 12.0. The van der Waals surface area contributed by atoms with E-state index in [0.29, 0.717) is 18.8 Å². The van der Waals surface area contributed by atoms with E-state index in [4.69, 9.17) is 10.5 Å². The highest BCUT2D eigenvalue weighted by Gasteiger charge is 2.14. The van der Waals surface area contributed by atoms with Crippen LogP contribution in [0.2, 0.25) is 0 Å². The summed E-state index contributed by atoms with van der Waals surface area (Å²) >= 11 is 0. The maximum absolute atomic E-state index is 12.0. The van der Waals surface area contributed by atoms with Crippen molar-refractivity contribution < 1.29 is 9.53 Å². The number of ether oxygens (including phenoxy) is 1. The van der Waals surface area contributed by atoms with Crippen molar-refractivity contribution in [3.63, 3.8) is 0 Å². The Balaban J connectivity index is 1.93. The molecule has 1 aromatic rings. The van der Waals surface area contributed by atoms with E-state index in [2.05, 4.69) is 10.2 Å². The van der Waals surface area contributed by atoms with Crippen molar-refractivity contribution in [1.29, 1.82) is 0 Å². The molecule has 1 saturated heterocycles. The van der Waals surface area contributed by atoms with Crippen LogP contribution in [-0.4, -0.2) is 43.7 Å². The molecule has 1 heterocycles. The minimum Gasteiger partial charge on any atom is -0.397 e. The number of carbonyl (C=O) groups excluding carboxylic acids is 1. The molecule has 2 rings (SSSR count). The van der Waals surface area contributed by atoms with Crippen LogP contribution in [-0.2, 0) is 9.53 Å². The molecule has 0 bridgehead atoms. The van der Waals surface area contributed by atoms with Gasteiger partial charge in [-0.15, -0.1) is 0 Å². The van der Waals surface area contributed by atoms with Crippen LogP contribution in [0.1, 0.15) is 12.0 Å². The number of nitrogens with two attached hydrogens (primary N) is 1. The standard InChI is InChI=1S/C14H21N3O2/c1-11-4-2-5-12(15)14(11)16-13(18)10-17-6-3-8-19-9-7-17/h2,4-5H,3,6-10,15H2,1H3,(H,16,18). The molecule has 0 spiro atoms. The van der Waals surface area contributed by atoms with E-state index in [1.54, 1.807) is 6.07 Å². The van der Waals surface area contributed by atoms with E-state index in [1.807, 2.05) is 19.1 Å². The molecule has 0 atom stereocenters. The largest absolute Gasteiger partial charge is 0.397 e. The number of carbonyl (C=O) groups is 1. The molecule has 19 heavy (non-hydrogen) atoms. The predicted octanol–water partition coefficient (Wildman–Crippen LogP) is 1.24. The molecule has 0 aliphatic carbocycles. The molecule has 5 nitrogen and oxygen atoms in total. The number of hydrogen-bond acceptors (Lipinski definition) is 4. The third kappa shape index (κ3) is 3.94. The van der Waals surface area contributed by atoms with Crippen LogP contribution >= 0.6 is 0 Å². The van der Waals surface area contributed by atoms with Gasteiger partial charge in [-0.2, -0.15) is 0 Å². The van der Waals surface area contributed by atoms with E-state index in [-0.39, 0.29) is 5.91 Å². The summed E-state index contributed by atoms with van der Waals surface area (Å²) in [5, 5.41) is 2.90. The van der Waals surface area contributed by atoms with Crippen molar-refractivity contribution in [3.8, 4) is 0 Å². The second-order valence-electron chi connectivity index (χ2n) is 4.83. The third-order valence-corrected chi connectivity index (χ3v) is 3.25. The minimum atomic E-state index is -0.0251. The number of nitrogen functional groups attached to an aromatic ring is 1. The van der Waals surface area contributed by atoms with Gasteiger partial charge in [0.15, 0.2) is 0 Å². The van der Waals surface area contributed by atoms with Crippen LogP contribution in [0.4, 0.5) is 11.4 Å². The highest BCUT2D eigenvalue weighted by molar-refractivity contribution is 5.96. The number of nitrogens with zero attached hydrogens (tertiary/aromatic N) is 1. The Morgan fingerprint density at radius 2 is 2.26 bits per heavy atom. The Morgan fingerprint density at radius 1 is 1.42 bits per heavy atom. The average Bonchev–Trinajstić information content (AvgIpc) is 2.63. The van der Waals surface area contributed by atoms with Gasteiger partial charge >= 0.3 is 0 Å². The Hall–Kier alpha value is -1.59. The zero-order chi connectivity index (χ0) is 13.7. The molecular formula is C14H21N3O2. The molecule has 0 saturated carbocycles. The van der Waals surface area contributed by atoms with Crippen LogP contribution in [0.3, 0.4) is 0 Å². The Bertz CT molecular complexity index is 420. The van der Waals surface area contributed by atoms with Crippen LogP contribution in [0.5, 0.6) is 0 Å². The SMILES string of the molecule is Cc1cccc(N)c1NC(=O)CN1CCCOCC1. The average molecular weight is 263 g/mol. The van der Waals surface area contributed by atoms with Crippen molar-refractivity contribution in [1.82, 2.24) is 4.90 Å². The monoisotopic (exact) mass is 263 g/mol. The first kappa shape index (κ1) is 13.8. The van der Waals surface area contributed by atoms with Crippen LogP contribution < -0.4 is 11.1 Å². The van der Waals surface area contributed by atoms with Gasteiger partial charge < -0.3 is 15.8 Å². The highest BCUT2D eigenvalue weighted by Crippen LogP contribution is 2.22. The predicted molar refractivity (Wildman–Crippen MR) is 76.1 cm³/mol. The summed E-state index contributed by atoms with van der Waals surface area (Å²) in [5.74, 6) is -0.0251. The first-order chi connectivity index (χ1) is 9.16. The molecule has 1 aliphatic heterocycles. The van der Waals surface area contributed by atoms with Crippen molar-refractivity contribution in [2.24, 2.45) is 0 Å². The Morgan fingerprint density at radius 3 is 3.05 bits per heavy atom. The second kappa shape index (κ2) is 6.54. The number of hydrogen-bond donors (Lipinski definition) is 2. The summed E-state index contributed by atoms with van der Waals surface area (Å²) in [7, 11) is 0. The van der Waals surface area contributed by atoms with E-state index in [1.165, 1.54) is 0 Å². The van der Waals surface area contributed by atoms with E-state index in [9.17, 15) is 4.79 Å². The second-order valence-corrected chi connectivity index (χ2v) is 4.83. The third-order valence-electron chi connectivity index (χ3n) is 3.25. The summed E-state index contributed by atoms with van der Waals surface area (Å²) in [4.78, 5) is 14.2. The number of nitrogens with one attached hydrogen (secondary N) is 1. The van der Waals surface area contributed by atoms with Gasteiger partial charge in [0.25, 0.3) is 0 Å². The lowest BCUT2D eigenvalue weighted by molar-refractivity contribution is -0.117. The fourth-order valence-corrected chi connectivity index (χ4v) is 2.20. The Labute approximate surface area is 113 Å². The first-order valence-electron chi connectivity index (χ1n) is 6.62. The summed E-state index contributed by atoms with van der Waals surface area (Å²) in [6.07, 6.45) is 0.972. The van der Waals surface area contributed by atoms with Gasteiger partial charge in [0.05, 0.1) is 24.5 Å². The summed E-state index contributed by atoms with van der Waals surface area (Å²) < 4.78 is 5.37. The number of benzene rings is 1. The number of anilines is 2. The number of rotatable bonds is 3. The summed E-state index contributed by atoms with van der Waals surface area (Å²) in [6, 6.07) is 5.61. The molecule has 0 aromatic heterocycles. The number of amides is 1. The quantitative estimate of drug-likeness (QED) is 0.805. The lowest BCUT2D eigenvalue weighted by Gasteiger charge is -2.19. The lowest BCUT2D eigenvalue weighted by atomic mass is 10.1. The van der Waals surface area contributed by atoms with Crippen molar-refractivity contribution in [3.05, 3.63) is 23.8 Å². The molecule has 0 unspecified atom stereocenters. The Kier molecular flexibility index (Phi) is 4.76. The topological polar surface area (TPSA) is 67.6 Å². The van der Waals surface area contributed by atoms with E-state index in [0.717, 1.165) is 37.4 Å². The van der Waals surface area contributed by atoms with Gasteiger partial charge in [-0.05, 0) is 25.0 Å². The number of para-hydroxylation sites is 1. The molecule has 3 N–H and O–H groups in total. The fraction of sp³-hybridized carbons (Fsp3) is 0.500. The van der Waals surface area contributed by atoms with E-state index < -0.39 is 0 Å². The molecule has 1 fully saturated rings. The molecule has 1 amide bonds. The summed E-state index contributed by atoms with van der Waals surface area (Å²) in [6.45, 7) is 5.50. The van der Waals surface area contributed by atoms with Gasteiger partial charge in [0, 0.05) is 19.7 Å². The van der Waals surface area contributed by atoms with E-state index >= 15 is 0 Å². The maximum Gasteiger partial charge on any atom is 0.238 e. The smallest absolute Gasteiger partial charge is 0.238 e.